The van der Waals surface area contributed by atoms with E-state index in [1.54, 1.807) is 0 Å². The van der Waals surface area contributed by atoms with Gasteiger partial charge < -0.3 is 9.47 Å². The Kier molecular flexibility index (Phi) is 8.67. The Balaban J connectivity index is 1.33. The molecule has 0 saturated carbocycles. The van der Waals surface area contributed by atoms with Gasteiger partial charge in [0.1, 0.15) is 12.2 Å². The molecular weight excluding hydrogens is 416 g/mol. The van der Waals surface area contributed by atoms with E-state index in [1.807, 2.05) is 12.1 Å². The van der Waals surface area contributed by atoms with Gasteiger partial charge in [-0.05, 0) is 48.9 Å². The van der Waals surface area contributed by atoms with Crippen LogP contribution in [0.15, 0.2) is 109 Å². The molecular formula is C32H34O2. The third-order valence-corrected chi connectivity index (χ3v) is 6.07. The second-order valence-corrected chi connectivity index (χ2v) is 8.85. The van der Waals surface area contributed by atoms with E-state index in [9.17, 15) is 0 Å². The number of benzene rings is 4. The summed E-state index contributed by atoms with van der Waals surface area (Å²) >= 11 is 0. The van der Waals surface area contributed by atoms with E-state index in [0.29, 0.717) is 13.2 Å². The van der Waals surface area contributed by atoms with Gasteiger partial charge in [-0.25, -0.2) is 0 Å². The minimum atomic E-state index is -0.0523. The van der Waals surface area contributed by atoms with Gasteiger partial charge in [0.25, 0.3) is 0 Å². The van der Waals surface area contributed by atoms with Gasteiger partial charge in [-0.2, -0.15) is 0 Å². The molecule has 0 unspecified atom stereocenters. The first-order valence-corrected chi connectivity index (χ1v) is 12.2. The van der Waals surface area contributed by atoms with Crippen LogP contribution in [0.25, 0.3) is 0 Å². The van der Waals surface area contributed by atoms with Gasteiger partial charge in [-0.1, -0.05) is 120 Å². The molecule has 2 heteroatoms. The molecule has 0 bridgehead atoms. The van der Waals surface area contributed by atoms with E-state index in [1.165, 1.54) is 33.4 Å². The zero-order chi connectivity index (χ0) is 23.6. The maximum Gasteiger partial charge on any atom is 0.108 e. The van der Waals surface area contributed by atoms with Crippen LogP contribution < -0.4 is 0 Å². The fourth-order valence-corrected chi connectivity index (χ4v) is 4.11. The van der Waals surface area contributed by atoms with Gasteiger partial charge in [0.05, 0.1) is 0 Å². The molecule has 0 aromatic heterocycles. The minimum Gasteiger partial charge on any atom is -0.369 e. The van der Waals surface area contributed by atoms with Crippen molar-refractivity contribution in [3.63, 3.8) is 0 Å². The van der Waals surface area contributed by atoms with Crippen LogP contribution in [-0.4, -0.2) is 13.2 Å². The SMILES string of the molecule is Cc1ccc(C(OCCCCOC(c2ccccc2)c2ccccc2)c2ccc(C)cc2)cc1. The molecule has 0 radical (unpaired) electrons. The molecule has 0 saturated heterocycles. The molecule has 2 nitrogen and oxygen atoms in total. The third-order valence-electron chi connectivity index (χ3n) is 6.07. The summed E-state index contributed by atoms with van der Waals surface area (Å²) in [7, 11) is 0. The van der Waals surface area contributed by atoms with E-state index in [4.69, 9.17) is 9.47 Å². The van der Waals surface area contributed by atoms with E-state index in [2.05, 4.69) is 111 Å². The zero-order valence-electron chi connectivity index (χ0n) is 20.2. The van der Waals surface area contributed by atoms with E-state index < -0.39 is 0 Å². The van der Waals surface area contributed by atoms with Crippen LogP contribution in [0, 0.1) is 13.8 Å². The van der Waals surface area contributed by atoms with Crippen molar-refractivity contribution in [2.75, 3.05) is 13.2 Å². The first-order chi connectivity index (χ1) is 16.7. The number of hydrogen-bond donors (Lipinski definition) is 0. The molecule has 0 aliphatic heterocycles. The predicted molar refractivity (Wildman–Crippen MR) is 140 cm³/mol. The smallest absolute Gasteiger partial charge is 0.108 e. The van der Waals surface area contributed by atoms with Crippen LogP contribution in [0.2, 0.25) is 0 Å². The maximum absolute atomic E-state index is 6.41. The lowest BCUT2D eigenvalue weighted by atomic mass is 9.99. The predicted octanol–water partition coefficient (Wildman–Crippen LogP) is 8.00. The molecule has 4 aromatic rings. The maximum atomic E-state index is 6.41. The van der Waals surface area contributed by atoms with E-state index in [0.717, 1.165) is 12.8 Å². The monoisotopic (exact) mass is 450 g/mol. The third kappa shape index (κ3) is 6.66. The normalized spacial score (nSPS) is 11.3. The summed E-state index contributed by atoms with van der Waals surface area (Å²) in [5, 5.41) is 0. The molecule has 0 aliphatic rings. The number of ether oxygens (including phenoxy) is 2. The zero-order valence-corrected chi connectivity index (χ0v) is 20.2. The van der Waals surface area contributed by atoms with Gasteiger partial charge in [0, 0.05) is 13.2 Å². The van der Waals surface area contributed by atoms with E-state index >= 15 is 0 Å². The van der Waals surface area contributed by atoms with Crippen molar-refractivity contribution in [3.05, 3.63) is 143 Å². The van der Waals surface area contributed by atoms with E-state index in [-0.39, 0.29) is 12.2 Å². The molecule has 174 valence electrons. The summed E-state index contributed by atoms with van der Waals surface area (Å²) in [6.45, 7) is 5.61. The molecule has 0 spiro atoms. The van der Waals surface area contributed by atoms with Gasteiger partial charge in [0.2, 0.25) is 0 Å². The van der Waals surface area contributed by atoms with Crippen LogP contribution in [0.3, 0.4) is 0 Å². The fraction of sp³-hybridized carbons (Fsp3) is 0.250. The molecule has 0 heterocycles. The highest BCUT2D eigenvalue weighted by Crippen LogP contribution is 2.28. The first-order valence-electron chi connectivity index (χ1n) is 12.2. The summed E-state index contributed by atoms with van der Waals surface area (Å²) in [6.07, 6.45) is 1.80. The van der Waals surface area contributed by atoms with Crippen molar-refractivity contribution in [1.29, 1.82) is 0 Å². The molecule has 0 atom stereocenters. The Bertz CT molecular complexity index is 1020. The number of aryl methyl sites for hydroxylation is 2. The molecule has 4 aromatic carbocycles. The lowest BCUT2D eigenvalue weighted by Crippen LogP contribution is -2.10. The lowest BCUT2D eigenvalue weighted by molar-refractivity contribution is 0.0531. The number of unbranched alkanes of at least 4 members (excludes halogenated alkanes) is 1. The topological polar surface area (TPSA) is 18.5 Å². The van der Waals surface area contributed by atoms with Crippen molar-refractivity contribution in [2.45, 2.75) is 38.9 Å². The van der Waals surface area contributed by atoms with Crippen molar-refractivity contribution in [1.82, 2.24) is 0 Å². The molecule has 0 fully saturated rings. The van der Waals surface area contributed by atoms with Crippen molar-refractivity contribution < 1.29 is 9.47 Å². The number of hydrogen-bond acceptors (Lipinski definition) is 2. The average Bonchev–Trinajstić information content (AvgIpc) is 2.88. The molecule has 4 rings (SSSR count). The fourth-order valence-electron chi connectivity index (χ4n) is 4.11. The highest BCUT2D eigenvalue weighted by molar-refractivity contribution is 5.33. The lowest BCUT2D eigenvalue weighted by Gasteiger charge is -2.21. The Labute approximate surface area is 204 Å². The Hall–Kier alpha value is -3.20. The summed E-state index contributed by atoms with van der Waals surface area (Å²) in [5.74, 6) is 0. The summed E-state index contributed by atoms with van der Waals surface area (Å²) in [5.41, 5.74) is 7.27. The Morgan fingerprint density at radius 3 is 1.12 bits per heavy atom. The quantitative estimate of drug-likeness (QED) is 0.216. The second kappa shape index (κ2) is 12.3. The van der Waals surface area contributed by atoms with Crippen LogP contribution in [0.1, 0.15) is 58.4 Å². The van der Waals surface area contributed by atoms with Gasteiger partial charge in [0.15, 0.2) is 0 Å². The highest BCUT2D eigenvalue weighted by Gasteiger charge is 2.16. The van der Waals surface area contributed by atoms with Gasteiger partial charge in [-0.15, -0.1) is 0 Å². The van der Waals surface area contributed by atoms with Crippen molar-refractivity contribution in [2.24, 2.45) is 0 Å². The van der Waals surface area contributed by atoms with Crippen LogP contribution in [-0.2, 0) is 9.47 Å². The average molecular weight is 451 g/mol. The van der Waals surface area contributed by atoms with Crippen LogP contribution in [0.5, 0.6) is 0 Å². The Morgan fingerprint density at radius 1 is 0.441 bits per heavy atom. The summed E-state index contributed by atoms with van der Waals surface area (Å²) in [6, 6.07) is 38.2. The van der Waals surface area contributed by atoms with Gasteiger partial charge in [-0.3, -0.25) is 0 Å². The molecule has 0 N–H and O–H groups in total. The summed E-state index contributed by atoms with van der Waals surface area (Å²) < 4.78 is 12.8. The molecule has 0 amide bonds. The standard InChI is InChI=1S/C32H34O2/c1-25-15-19-29(20-16-25)32(30-21-17-26(2)18-22-30)34-24-10-9-23-33-31(27-11-5-3-6-12-27)28-13-7-4-8-14-28/h3-8,11-22,31-32H,9-10,23-24H2,1-2H3. The number of rotatable bonds is 11. The largest absolute Gasteiger partial charge is 0.369 e. The van der Waals surface area contributed by atoms with Crippen molar-refractivity contribution >= 4 is 0 Å². The summed E-state index contributed by atoms with van der Waals surface area (Å²) in [4.78, 5) is 0. The molecule has 0 aliphatic carbocycles. The Morgan fingerprint density at radius 2 is 0.765 bits per heavy atom. The minimum absolute atomic E-state index is 0.0452. The highest BCUT2D eigenvalue weighted by atomic mass is 16.5. The van der Waals surface area contributed by atoms with Crippen LogP contribution in [0.4, 0.5) is 0 Å². The van der Waals surface area contributed by atoms with Gasteiger partial charge >= 0.3 is 0 Å². The van der Waals surface area contributed by atoms with Crippen molar-refractivity contribution in [3.8, 4) is 0 Å². The molecule has 34 heavy (non-hydrogen) atoms. The van der Waals surface area contributed by atoms with Crippen LogP contribution >= 0.6 is 0 Å². The second-order valence-electron chi connectivity index (χ2n) is 8.85. The first kappa shape index (κ1) is 23.9.